The van der Waals surface area contributed by atoms with E-state index in [1.54, 1.807) is 12.1 Å². The van der Waals surface area contributed by atoms with E-state index < -0.39 is 24.5 Å². The molecule has 1 aromatic carbocycles. The van der Waals surface area contributed by atoms with E-state index in [1.165, 1.54) is 16.7 Å². The first-order valence-corrected chi connectivity index (χ1v) is 8.84. The molecule has 1 atom stereocenters. The minimum absolute atomic E-state index is 0.00429. The molecule has 0 radical (unpaired) electrons. The van der Waals surface area contributed by atoms with Gasteiger partial charge in [-0.25, -0.2) is 0 Å². The summed E-state index contributed by atoms with van der Waals surface area (Å²) in [7, 11) is 0. The molecule has 1 aromatic rings. The van der Waals surface area contributed by atoms with Crippen LogP contribution in [0.25, 0.3) is 0 Å². The molecule has 2 amide bonds. The summed E-state index contributed by atoms with van der Waals surface area (Å²) in [4.78, 5) is 36.8. The lowest BCUT2D eigenvalue weighted by atomic mass is 9.86. The number of rotatable bonds is 4. The van der Waals surface area contributed by atoms with Crippen LogP contribution < -0.4 is 5.32 Å². The first kappa shape index (κ1) is 18.3. The third-order valence-corrected chi connectivity index (χ3v) is 4.87. The predicted octanol–water partition coefficient (Wildman–Crippen LogP) is 1.70. The summed E-state index contributed by atoms with van der Waals surface area (Å²) < 4.78 is 0. The zero-order valence-corrected chi connectivity index (χ0v) is 14.9. The second-order valence-electron chi connectivity index (χ2n) is 6.73. The molecule has 0 aromatic heterocycles. The van der Waals surface area contributed by atoms with Crippen LogP contribution >= 0.6 is 11.8 Å². The zero-order chi connectivity index (χ0) is 17.9. The Hall–Kier alpha value is -2.02. The number of nitrogens with zero attached hydrogens (tertiary/aromatic N) is 1. The van der Waals surface area contributed by atoms with Crippen LogP contribution in [0.15, 0.2) is 24.3 Å². The third-order valence-electron chi connectivity index (χ3n) is 3.86. The number of carbonyl (C=O) groups excluding carboxylic acids is 2. The molecule has 0 aliphatic carbocycles. The van der Waals surface area contributed by atoms with Gasteiger partial charge in [-0.3, -0.25) is 14.4 Å². The Labute approximate surface area is 145 Å². The molecule has 0 spiro atoms. The number of carboxylic acid groups (broad SMARTS) is 1. The van der Waals surface area contributed by atoms with E-state index >= 15 is 0 Å². The molecule has 1 unspecified atom stereocenters. The maximum Gasteiger partial charge on any atom is 0.322 e. The van der Waals surface area contributed by atoms with Crippen molar-refractivity contribution in [2.75, 3.05) is 18.2 Å². The fraction of sp³-hybridized carbons (Fsp3) is 0.471. The molecule has 2 N–H and O–H groups in total. The topological polar surface area (TPSA) is 86.7 Å². The molecule has 6 nitrogen and oxygen atoms in total. The number of nitrogens with one attached hydrogen (secondary N) is 1. The summed E-state index contributed by atoms with van der Waals surface area (Å²) in [6, 6.07) is 6.77. The molecular formula is C17H22N2O4S. The number of hydrogen-bond acceptors (Lipinski definition) is 4. The minimum Gasteiger partial charge on any atom is -0.480 e. The van der Waals surface area contributed by atoms with Gasteiger partial charge in [-0.2, -0.15) is 0 Å². The summed E-state index contributed by atoms with van der Waals surface area (Å²) in [6.45, 7) is 5.86. The monoisotopic (exact) mass is 350 g/mol. The van der Waals surface area contributed by atoms with Gasteiger partial charge in [-0.15, -0.1) is 11.8 Å². The van der Waals surface area contributed by atoms with E-state index in [-0.39, 0.29) is 11.3 Å². The highest BCUT2D eigenvalue weighted by Gasteiger charge is 2.35. The second kappa shape index (κ2) is 7.25. The van der Waals surface area contributed by atoms with E-state index in [0.717, 1.165) is 5.56 Å². The van der Waals surface area contributed by atoms with Gasteiger partial charge in [0.2, 0.25) is 5.91 Å². The first-order chi connectivity index (χ1) is 11.2. The molecule has 0 bridgehead atoms. The average Bonchev–Trinajstić information content (AvgIpc) is 3.00. The zero-order valence-electron chi connectivity index (χ0n) is 14.0. The van der Waals surface area contributed by atoms with Crippen molar-refractivity contribution < 1.29 is 19.5 Å². The largest absolute Gasteiger partial charge is 0.480 e. The maximum atomic E-state index is 12.7. The summed E-state index contributed by atoms with van der Waals surface area (Å²) in [5.74, 6) is -0.856. The van der Waals surface area contributed by atoms with E-state index in [0.29, 0.717) is 17.2 Å². The van der Waals surface area contributed by atoms with Crippen LogP contribution in [0.5, 0.6) is 0 Å². The van der Waals surface area contributed by atoms with Crippen LogP contribution in [0.1, 0.15) is 36.7 Å². The minimum atomic E-state index is -1.11. The van der Waals surface area contributed by atoms with E-state index in [4.69, 9.17) is 5.11 Å². The molecule has 1 aliphatic rings. The number of carboxylic acids is 1. The summed E-state index contributed by atoms with van der Waals surface area (Å²) in [5, 5.41) is 11.0. The molecule has 130 valence electrons. The van der Waals surface area contributed by atoms with E-state index in [1.807, 2.05) is 12.1 Å². The van der Waals surface area contributed by atoms with Crippen LogP contribution in [-0.2, 0) is 15.0 Å². The molecule has 1 heterocycles. The van der Waals surface area contributed by atoms with Crippen molar-refractivity contribution in [1.29, 1.82) is 0 Å². The first-order valence-electron chi connectivity index (χ1n) is 7.69. The SMILES string of the molecule is CC(C)(C)c1ccc(C(=O)N2CSCC2C(=O)NCC(=O)O)cc1. The standard InChI is InChI=1S/C17H22N2O4S/c1-17(2,3)12-6-4-11(5-7-12)16(23)19-10-24-9-13(19)15(22)18-8-14(20)21/h4-7,13H,8-10H2,1-3H3,(H,18,22)(H,20,21). The van der Waals surface area contributed by atoms with Gasteiger partial charge in [0, 0.05) is 11.3 Å². The fourth-order valence-corrected chi connectivity index (χ4v) is 3.57. The lowest BCUT2D eigenvalue weighted by molar-refractivity contribution is -0.138. The van der Waals surface area contributed by atoms with Crippen LogP contribution in [-0.4, -0.2) is 52.0 Å². The van der Waals surface area contributed by atoms with Gasteiger partial charge in [0.05, 0.1) is 5.88 Å². The Balaban J connectivity index is 2.10. The van der Waals surface area contributed by atoms with Gasteiger partial charge in [0.25, 0.3) is 5.91 Å². The number of carbonyl (C=O) groups is 3. The van der Waals surface area contributed by atoms with Gasteiger partial charge in [-0.05, 0) is 23.1 Å². The summed E-state index contributed by atoms with van der Waals surface area (Å²) in [5.41, 5.74) is 1.66. The fourth-order valence-electron chi connectivity index (χ4n) is 2.42. The molecule has 7 heteroatoms. The van der Waals surface area contributed by atoms with E-state index in [2.05, 4.69) is 26.1 Å². The van der Waals surface area contributed by atoms with Crippen molar-refractivity contribution in [3.63, 3.8) is 0 Å². The smallest absolute Gasteiger partial charge is 0.322 e. The van der Waals surface area contributed by atoms with Crippen molar-refractivity contribution >= 4 is 29.5 Å². The highest BCUT2D eigenvalue weighted by atomic mass is 32.2. The average molecular weight is 350 g/mol. The van der Waals surface area contributed by atoms with Crippen molar-refractivity contribution in [3.8, 4) is 0 Å². The number of benzene rings is 1. The summed E-state index contributed by atoms with van der Waals surface area (Å²) >= 11 is 1.48. The highest BCUT2D eigenvalue weighted by Crippen LogP contribution is 2.25. The van der Waals surface area contributed by atoms with Gasteiger partial charge in [-0.1, -0.05) is 32.9 Å². The number of thioether (sulfide) groups is 1. The van der Waals surface area contributed by atoms with Gasteiger partial charge >= 0.3 is 5.97 Å². The third kappa shape index (κ3) is 4.29. The molecule has 24 heavy (non-hydrogen) atoms. The molecule has 1 aliphatic heterocycles. The lowest BCUT2D eigenvalue weighted by Gasteiger charge is -2.24. The highest BCUT2D eigenvalue weighted by molar-refractivity contribution is 7.99. The molecule has 0 saturated carbocycles. The van der Waals surface area contributed by atoms with Crippen molar-refractivity contribution in [2.24, 2.45) is 0 Å². The summed E-state index contributed by atoms with van der Waals surface area (Å²) in [6.07, 6.45) is 0. The number of aliphatic carboxylic acids is 1. The predicted molar refractivity (Wildman–Crippen MR) is 93.1 cm³/mol. The van der Waals surface area contributed by atoms with Crippen LogP contribution in [0.4, 0.5) is 0 Å². The van der Waals surface area contributed by atoms with Gasteiger partial charge < -0.3 is 15.3 Å². The Morgan fingerprint density at radius 1 is 1.25 bits per heavy atom. The van der Waals surface area contributed by atoms with Crippen LogP contribution in [0, 0.1) is 0 Å². The van der Waals surface area contributed by atoms with Gasteiger partial charge in [0.15, 0.2) is 0 Å². The Bertz CT molecular complexity index is 637. The molecule has 2 rings (SSSR count). The van der Waals surface area contributed by atoms with E-state index in [9.17, 15) is 14.4 Å². The molecule has 1 fully saturated rings. The Kier molecular flexibility index (Phi) is 5.54. The lowest BCUT2D eigenvalue weighted by Crippen LogP contribution is -2.48. The second-order valence-corrected chi connectivity index (χ2v) is 7.73. The molecular weight excluding hydrogens is 328 g/mol. The Morgan fingerprint density at radius 3 is 2.42 bits per heavy atom. The van der Waals surface area contributed by atoms with Crippen molar-refractivity contribution in [3.05, 3.63) is 35.4 Å². The Morgan fingerprint density at radius 2 is 1.88 bits per heavy atom. The number of hydrogen-bond donors (Lipinski definition) is 2. The number of amides is 2. The quantitative estimate of drug-likeness (QED) is 0.863. The normalized spacial score (nSPS) is 17.6. The molecule has 1 saturated heterocycles. The van der Waals surface area contributed by atoms with Gasteiger partial charge in [0.1, 0.15) is 12.6 Å². The van der Waals surface area contributed by atoms with Crippen molar-refractivity contribution in [2.45, 2.75) is 32.2 Å². The van der Waals surface area contributed by atoms with Crippen LogP contribution in [0.3, 0.4) is 0 Å². The van der Waals surface area contributed by atoms with Crippen molar-refractivity contribution in [1.82, 2.24) is 10.2 Å². The maximum absolute atomic E-state index is 12.7. The van der Waals surface area contributed by atoms with Crippen LogP contribution in [0.2, 0.25) is 0 Å².